The van der Waals surface area contributed by atoms with Crippen LogP contribution in [-0.4, -0.2) is 23.8 Å². The zero-order chi connectivity index (χ0) is 11.6. The summed E-state index contributed by atoms with van der Waals surface area (Å²) in [4.78, 5) is 0. The Morgan fingerprint density at radius 2 is 2.00 bits per heavy atom. The monoisotopic (exact) mass is 227 g/mol. The van der Waals surface area contributed by atoms with Gasteiger partial charge >= 0.3 is 0 Å². The number of aliphatic hydroxyl groups excluding tert-OH is 1. The summed E-state index contributed by atoms with van der Waals surface area (Å²) in [5, 5.41) is 12.6. The number of benzene rings is 1. The molecule has 0 bridgehead atoms. The van der Waals surface area contributed by atoms with Crippen molar-refractivity contribution in [1.82, 2.24) is 5.32 Å². The number of hydrogen-bond donors (Lipinski definition) is 2. The Kier molecular flexibility index (Phi) is 3.21. The van der Waals surface area contributed by atoms with Crippen LogP contribution in [-0.2, 0) is 5.92 Å². The third-order valence-electron chi connectivity index (χ3n) is 3.01. The van der Waals surface area contributed by atoms with Gasteiger partial charge in [0.05, 0.1) is 0 Å². The zero-order valence-electron chi connectivity index (χ0n) is 8.87. The molecule has 0 saturated carbocycles. The number of nitrogens with one attached hydrogen (secondary N) is 1. The molecule has 4 heteroatoms. The van der Waals surface area contributed by atoms with Gasteiger partial charge in [-0.3, -0.25) is 0 Å². The number of halogens is 2. The molecule has 1 aromatic rings. The second kappa shape index (κ2) is 4.47. The van der Waals surface area contributed by atoms with Crippen molar-refractivity contribution in [2.45, 2.75) is 30.9 Å². The van der Waals surface area contributed by atoms with E-state index in [1.165, 1.54) is 12.1 Å². The third kappa shape index (κ3) is 2.08. The molecule has 1 aromatic carbocycles. The highest BCUT2D eigenvalue weighted by molar-refractivity contribution is 5.22. The quantitative estimate of drug-likeness (QED) is 0.826. The van der Waals surface area contributed by atoms with E-state index in [1.807, 2.05) is 0 Å². The average molecular weight is 227 g/mol. The molecule has 2 rings (SSSR count). The van der Waals surface area contributed by atoms with Crippen LogP contribution in [0.3, 0.4) is 0 Å². The second-order valence-corrected chi connectivity index (χ2v) is 4.14. The third-order valence-corrected chi connectivity index (χ3v) is 3.01. The topological polar surface area (TPSA) is 32.3 Å². The Balaban J connectivity index is 2.17. The van der Waals surface area contributed by atoms with Crippen molar-refractivity contribution in [1.29, 1.82) is 0 Å². The molecule has 0 aliphatic carbocycles. The normalized spacial score (nSPS) is 23.3. The first-order chi connectivity index (χ1) is 7.62. The first kappa shape index (κ1) is 11.5. The minimum atomic E-state index is -3.19. The highest BCUT2D eigenvalue weighted by Crippen LogP contribution is 2.34. The lowest BCUT2D eigenvalue weighted by atomic mass is 9.97. The molecule has 88 valence electrons. The highest BCUT2D eigenvalue weighted by atomic mass is 19.3. The number of hydrogen-bond acceptors (Lipinski definition) is 2. The highest BCUT2D eigenvalue weighted by Gasteiger charge is 2.45. The van der Waals surface area contributed by atoms with Gasteiger partial charge in [0, 0.05) is 11.6 Å². The van der Waals surface area contributed by atoms with Gasteiger partial charge < -0.3 is 10.4 Å². The van der Waals surface area contributed by atoms with Crippen molar-refractivity contribution in [3.8, 4) is 0 Å². The first-order valence-corrected chi connectivity index (χ1v) is 5.47. The molecule has 2 N–H and O–H groups in total. The number of aliphatic hydroxyl groups is 1. The van der Waals surface area contributed by atoms with Crippen molar-refractivity contribution >= 4 is 0 Å². The van der Waals surface area contributed by atoms with Gasteiger partial charge in [-0.1, -0.05) is 30.3 Å². The fraction of sp³-hybridized carbons (Fsp3) is 0.500. The van der Waals surface area contributed by atoms with E-state index in [-0.39, 0.29) is 5.56 Å². The molecule has 1 heterocycles. The van der Waals surface area contributed by atoms with Crippen LogP contribution in [0.25, 0.3) is 0 Å². The summed E-state index contributed by atoms with van der Waals surface area (Å²) in [5.41, 5.74) is -0.129. The van der Waals surface area contributed by atoms with Crippen LogP contribution in [0.4, 0.5) is 8.78 Å². The second-order valence-electron chi connectivity index (χ2n) is 4.14. The van der Waals surface area contributed by atoms with Gasteiger partial charge in [-0.25, -0.2) is 0 Å². The molecule has 0 spiro atoms. The lowest BCUT2D eigenvalue weighted by molar-refractivity contribution is -0.126. The maximum Gasteiger partial charge on any atom is 0.300 e. The van der Waals surface area contributed by atoms with E-state index in [2.05, 4.69) is 5.32 Å². The van der Waals surface area contributed by atoms with Crippen LogP contribution >= 0.6 is 0 Å². The van der Waals surface area contributed by atoms with Gasteiger partial charge in [0.2, 0.25) is 0 Å². The molecule has 0 unspecified atom stereocenters. The molecule has 16 heavy (non-hydrogen) atoms. The Morgan fingerprint density at radius 1 is 1.31 bits per heavy atom. The van der Waals surface area contributed by atoms with Crippen LogP contribution in [0.2, 0.25) is 0 Å². The summed E-state index contributed by atoms with van der Waals surface area (Å²) in [7, 11) is 0. The average Bonchev–Trinajstić information content (AvgIpc) is 2.82. The summed E-state index contributed by atoms with van der Waals surface area (Å²) in [5.74, 6) is -3.19. The Bertz CT molecular complexity index is 336. The molecule has 0 aromatic heterocycles. The van der Waals surface area contributed by atoms with Crippen LogP contribution in [0.1, 0.15) is 18.4 Å². The summed E-state index contributed by atoms with van der Waals surface area (Å²) in [6.07, 6.45) is -0.215. The van der Waals surface area contributed by atoms with Gasteiger partial charge in [-0.15, -0.1) is 0 Å². The zero-order valence-corrected chi connectivity index (χ0v) is 8.87. The van der Waals surface area contributed by atoms with Crippen molar-refractivity contribution in [3.05, 3.63) is 35.9 Å². The van der Waals surface area contributed by atoms with Crippen LogP contribution < -0.4 is 5.32 Å². The Hall–Kier alpha value is -1.00. The summed E-state index contributed by atoms with van der Waals surface area (Å²) >= 11 is 0. The molecular weight excluding hydrogens is 212 g/mol. The summed E-state index contributed by atoms with van der Waals surface area (Å²) in [6.45, 7) is 0.701. The molecule has 1 fully saturated rings. The molecule has 1 aliphatic heterocycles. The molecule has 2 nitrogen and oxygen atoms in total. The molecule has 2 atom stereocenters. The van der Waals surface area contributed by atoms with Crippen molar-refractivity contribution < 1.29 is 13.9 Å². The fourth-order valence-corrected chi connectivity index (χ4v) is 2.06. The summed E-state index contributed by atoms with van der Waals surface area (Å²) < 4.78 is 27.8. The maximum absolute atomic E-state index is 13.9. The van der Waals surface area contributed by atoms with Gasteiger partial charge in [0.25, 0.3) is 5.92 Å². The van der Waals surface area contributed by atoms with Gasteiger partial charge in [-0.05, 0) is 19.4 Å². The minimum Gasteiger partial charge on any atom is -0.385 e. The lowest BCUT2D eigenvalue weighted by Gasteiger charge is -2.27. The number of rotatable bonds is 3. The van der Waals surface area contributed by atoms with E-state index in [1.54, 1.807) is 18.2 Å². The Labute approximate surface area is 93.3 Å². The van der Waals surface area contributed by atoms with Crippen molar-refractivity contribution in [3.63, 3.8) is 0 Å². The smallest absolute Gasteiger partial charge is 0.300 e. The van der Waals surface area contributed by atoms with Crippen LogP contribution in [0.5, 0.6) is 0 Å². The van der Waals surface area contributed by atoms with E-state index in [9.17, 15) is 13.9 Å². The van der Waals surface area contributed by atoms with Crippen molar-refractivity contribution in [2.24, 2.45) is 0 Å². The molecular formula is C12H15F2NO. The fourth-order valence-electron chi connectivity index (χ4n) is 2.06. The molecule has 1 aliphatic rings. The summed E-state index contributed by atoms with van der Waals surface area (Å²) in [6, 6.07) is 6.97. The standard InChI is InChI=1S/C12H15F2NO/c13-12(14,9-5-2-1-3-6-9)11(16)10-7-4-8-15-10/h1-3,5-6,10-11,15-16H,4,7-8H2/t10-,11-/m0/s1. The minimum absolute atomic E-state index is 0.129. The lowest BCUT2D eigenvalue weighted by Crippen LogP contribution is -2.45. The predicted octanol–water partition coefficient (Wildman–Crippen LogP) is 1.89. The van der Waals surface area contributed by atoms with Crippen LogP contribution in [0, 0.1) is 0 Å². The Morgan fingerprint density at radius 3 is 2.56 bits per heavy atom. The van der Waals surface area contributed by atoms with E-state index in [0.717, 1.165) is 6.42 Å². The van der Waals surface area contributed by atoms with Crippen molar-refractivity contribution in [2.75, 3.05) is 6.54 Å². The van der Waals surface area contributed by atoms with E-state index >= 15 is 0 Å². The SMILES string of the molecule is O[C@@H]([C@@H]1CCCN1)C(F)(F)c1ccccc1. The number of alkyl halides is 2. The van der Waals surface area contributed by atoms with Gasteiger partial charge in [0.1, 0.15) is 6.10 Å². The van der Waals surface area contributed by atoms with Gasteiger partial charge in [0.15, 0.2) is 0 Å². The van der Waals surface area contributed by atoms with E-state index < -0.39 is 18.1 Å². The molecule has 1 saturated heterocycles. The molecule has 0 radical (unpaired) electrons. The van der Waals surface area contributed by atoms with Gasteiger partial charge in [-0.2, -0.15) is 8.78 Å². The predicted molar refractivity (Wildman–Crippen MR) is 57.4 cm³/mol. The molecule has 0 amide bonds. The van der Waals surface area contributed by atoms with E-state index in [0.29, 0.717) is 13.0 Å². The van der Waals surface area contributed by atoms with Crippen LogP contribution in [0.15, 0.2) is 30.3 Å². The van der Waals surface area contributed by atoms with E-state index in [4.69, 9.17) is 0 Å². The maximum atomic E-state index is 13.9. The largest absolute Gasteiger partial charge is 0.385 e. The first-order valence-electron chi connectivity index (χ1n) is 5.47.